The van der Waals surface area contributed by atoms with Crippen LogP contribution in [0.4, 0.5) is 0 Å². The zero-order valence-corrected chi connectivity index (χ0v) is 4.76. The average Bonchev–Trinajstić information content (AvgIpc) is 1.83. The molecule has 0 saturated carbocycles. The molecule has 42 valence electrons. The van der Waals surface area contributed by atoms with E-state index in [2.05, 4.69) is 24.3 Å². The Labute approximate surface area is 48.6 Å². The van der Waals surface area contributed by atoms with Crippen molar-refractivity contribution in [2.75, 3.05) is 7.11 Å². The second-order valence-electron chi connectivity index (χ2n) is 1.58. The monoisotopic (exact) mass is 108 g/mol. The molecule has 0 aromatic rings. The van der Waals surface area contributed by atoms with Gasteiger partial charge in [-0.15, -0.1) is 0 Å². The van der Waals surface area contributed by atoms with Crippen molar-refractivity contribution in [3.05, 3.63) is 24.3 Å². The van der Waals surface area contributed by atoms with E-state index in [9.17, 15) is 0 Å². The highest BCUT2D eigenvalue weighted by atomic mass is 16.2. The number of aliphatic hydroxyl groups excluding tert-OH is 1. The maximum absolute atomic E-state index is 7.00. The maximum atomic E-state index is 7.00. The Kier molecular flexibility index (Phi) is 1.31. The van der Waals surface area contributed by atoms with Crippen molar-refractivity contribution < 1.29 is 5.11 Å². The van der Waals surface area contributed by atoms with Crippen molar-refractivity contribution in [2.45, 2.75) is 0 Å². The molecule has 8 heavy (non-hydrogen) atoms. The minimum atomic E-state index is 1.00. The molecule has 0 atom stereocenters. The fourth-order valence-corrected chi connectivity index (χ4v) is 0.663. The van der Waals surface area contributed by atoms with Crippen LogP contribution >= 0.6 is 0 Å². The maximum Gasteiger partial charge on any atom is 0.0319 e. The first-order valence-electron chi connectivity index (χ1n) is 2.52. The third-order valence-corrected chi connectivity index (χ3v) is 1.22. The second kappa shape index (κ2) is 1.97. The van der Waals surface area contributed by atoms with Gasteiger partial charge in [0.2, 0.25) is 0 Å². The third-order valence-electron chi connectivity index (χ3n) is 1.22. The minimum absolute atomic E-state index is 1.00. The van der Waals surface area contributed by atoms with Gasteiger partial charge in [-0.3, -0.25) is 0 Å². The SMILES string of the molecule is CO.c1cc2ccc1-2. The van der Waals surface area contributed by atoms with E-state index in [1.807, 2.05) is 0 Å². The Hall–Kier alpha value is -0.820. The number of benzene rings is 1. The van der Waals surface area contributed by atoms with Gasteiger partial charge in [-0.05, 0) is 11.1 Å². The summed E-state index contributed by atoms with van der Waals surface area (Å²) in [6.45, 7) is 0. The Bertz CT molecular complexity index is 143. The molecule has 1 N–H and O–H groups in total. The van der Waals surface area contributed by atoms with E-state index in [-0.39, 0.29) is 0 Å². The summed E-state index contributed by atoms with van der Waals surface area (Å²) < 4.78 is 0. The van der Waals surface area contributed by atoms with Crippen LogP contribution in [0, 0.1) is 0 Å². The van der Waals surface area contributed by atoms with Crippen LogP contribution in [0.2, 0.25) is 0 Å². The summed E-state index contributed by atoms with van der Waals surface area (Å²) in [4.78, 5) is 0. The molecule has 0 aromatic carbocycles. The Morgan fingerprint density at radius 1 is 0.875 bits per heavy atom. The van der Waals surface area contributed by atoms with E-state index in [1.165, 1.54) is 11.1 Å². The van der Waals surface area contributed by atoms with Crippen LogP contribution in [0.5, 0.6) is 0 Å². The van der Waals surface area contributed by atoms with E-state index < -0.39 is 0 Å². The predicted molar refractivity (Wildman–Crippen MR) is 33.6 cm³/mol. The summed E-state index contributed by atoms with van der Waals surface area (Å²) in [5.74, 6) is 0. The summed E-state index contributed by atoms with van der Waals surface area (Å²) in [7, 11) is 1.00. The molecule has 0 unspecified atom stereocenters. The quantitative estimate of drug-likeness (QED) is 0.539. The molecule has 2 rings (SSSR count). The minimum Gasteiger partial charge on any atom is -0.400 e. The molecule has 0 amide bonds. The van der Waals surface area contributed by atoms with Gasteiger partial charge in [0.05, 0.1) is 0 Å². The van der Waals surface area contributed by atoms with Crippen LogP contribution in [0.1, 0.15) is 0 Å². The van der Waals surface area contributed by atoms with Crippen LogP contribution in [0.3, 0.4) is 0 Å². The highest BCUT2D eigenvalue weighted by Gasteiger charge is 2.03. The number of hydrogen-bond acceptors (Lipinski definition) is 1. The Morgan fingerprint density at radius 2 is 1.12 bits per heavy atom. The molecule has 0 bridgehead atoms. The van der Waals surface area contributed by atoms with Crippen LogP contribution in [0.15, 0.2) is 24.3 Å². The molecule has 1 heteroatoms. The van der Waals surface area contributed by atoms with Gasteiger partial charge in [0.15, 0.2) is 0 Å². The summed E-state index contributed by atoms with van der Waals surface area (Å²) in [6.07, 6.45) is 0. The van der Waals surface area contributed by atoms with Crippen molar-refractivity contribution in [3.8, 4) is 11.1 Å². The van der Waals surface area contributed by atoms with Gasteiger partial charge in [-0.2, -0.15) is 0 Å². The van der Waals surface area contributed by atoms with Crippen LogP contribution in [0.25, 0.3) is 11.1 Å². The van der Waals surface area contributed by atoms with E-state index >= 15 is 0 Å². The van der Waals surface area contributed by atoms with Crippen LogP contribution in [-0.2, 0) is 0 Å². The zero-order valence-electron chi connectivity index (χ0n) is 4.76. The van der Waals surface area contributed by atoms with E-state index in [0.29, 0.717) is 0 Å². The lowest BCUT2D eigenvalue weighted by molar-refractivity contribution is 0.399. The molecule has 0 aliphatic heterocycles. The highest BCUT2D eigenvalue weighted by Crippen LogP contribution is 2.29. The smallest absolute Gasteiger partial charge is 0.0319 e. The number of rotatable bonds is 0. The fraction of sp³-hybridized carbons (Fsp3) is 0.143. The van der Waals surface area contributed by atoms with Gasteiger partial charge in [0, 0.05) is 7.11 Å². The van der Waals surface area contributed by atoms with Gasteiger partial charge < -0.3 is 5.11 Å². The molecule has 0 radical (unpaired) electrons. The van der Waals surface area contributed by atoms with Gasteiger partial charge in [0.1, 0.15) is 0 Å². The molecule has 1 nitrogen and oxygen atoms in total. The van der Waals surface area contributed by atoms with Gasteiger partial charge in [-0.1, -0.05) is 24.3 Å². The molecule has 2 aliphatic carbocycles. The molecule has 0 aromatic heterocycles. The summed E-state index contributed by atoms with van der Waals surface area (Å²) in [5.41, 5.74) is 2.85. The van der Waals surface area contributed by atoms with Crippen molar-refractivity contribution in [1.29, 1.82) is 0 Å². The van der Waals surface area contributed by atoms with Gasteiger partial charge in [0.25, 0.3) is 0 Å². The lowest BCUT2D eigenvalue weighted by Crippen LogP contribution is -1.85. The van der Waals surface area contributed by atoms with Crippen molar-refractivity contribution >= 4 is 0 Å². The fourth-order valence-electron chi connectivity index (χ4n) is 0.663. The average molecular weight is 108 g/mol. The molecular formula is C7H8O. The van der Waals surface area contributed by atoms with Crippen molar-refractivity contribution in [1.82, 2.24) is 0 Å². The lowest BCUT2D eigenvalue weighted by atomic mass is 9.95. The van der Waals surface area contributed by atoms with Gasteiger partial charge >= 0.3 is 0 Å². The topological polar surface area (TPSA) is 20.2 Å². The van der Waals surface area contributed by atoms with E-state index in [0.717, 1.165) is 7.11 Å². The summed E-state index contributed by atoms with van der Waals surface area (Å²) in [5, 5.41) is 7.00. The highest BCUT2D eigenvalue weighted by molar-refractivity contribution is 5.75. The number of hydrogen-bond donors (Lipinski definition) is 1. The standard InChI is InChI=1S/C6H4.CH4O/c1-2-6-4-3-5(1)6;1-2/h1-4H;2H,1H3. The van der Waals surface area contributed by atoms with Crippen LogP contribution in [-0.4, -0.2) is 12.2 Å². The number of aliphatic hydroxyl groups is 1. The molecular weight excluding hydrogens is 100 g/mol. The molecule has 0 saturated heterocycles. The first-order chi connectivity index (χ1) is 3.97. The van der Waals surface area contributed by atoms with E-state index in [4.69, 9.17) is 5.11 Å². The molecule has 2 aliphatic rings. The first kappa shape index (κ1) is 5.32. The molecule has 0 spiro atoms. The summed E-state index contributed by atoms with van der Waals surface area (Å²) in [6, 6.07) is 8.48. The predicted octanol–water partition coefficient (Wildman–Crippen LogP) is 1.28. The van der Waals surface area contributed by atoms with E-state index in [1.54, 1.807) is 0 Å². The third kappa shape index (κ3) is 0.521. The van der Waals surface area contributed by atoms with Crippen molar-refractivity contribution in [3.63, 3.8) is 0 Å². The number of fused-ring (bicyclic) bond motifs is 1. The Balaban J connectivity index is 0.000000147. The summed E-state index contributed by atoms with van der Waals surface area (Å²) >= 11 is 0. The molecule has 0 fully saturated rings. The zero-order chi connectivity index (χ0) is 5.98. The second-order valence-corrected chi connectivity index (χ2v) is 1.58. The van der Waals surface area contributed by atoms with Crippen molar-refractivity contribution in [2.24, 2.45) is 0 Å². The largest absolute Gasteiger partial charge is 0.400 e. The normalized spacial score (nSPS) is 9.25. The lowest BCUT2D eigenvalue weighted by Gasteiger charge is -2.10. The first-order valence-corrected chi connectivity index (χ1v) is 2.52. The molecule has 0 heterocycles. The van der Waals surface area contributed by atoms with Crippen LogP contribution < -0.4 is 0 Å². The van der Waals surface area contributed by atoms with Gasteiger partial charge in [-0.25, -0.2) is 0 Å². The Morgan fingerprint density at radius 3 is 1.12 bits per heavy atom.